The van der Waals surface area contributed by atoms with Crippen LogP contribution >= 0.6 is 0 Å². The SMILES string of the molecule is CCCOC(=O)N1c2cc(OC)c(OC)cc2C(N(Cc2cc(C(F)(F)F)cc(C(F)(F)F)c2)C(=O)OC)CC1C. The number of rotatable bonds is 7. The molecule has 14 heteroatoms. The van der Waals surface area contributed by atoms with E-state index in [0.717, 1.165) is 12.0 Å². The van der Waals surface area contributed by atoms with Crippen LogP contribution in [0.1, 0.15) is 55.0 Å². The van der Waals surface area contributed by atoms with E-state index in [0.29, 0.717) is 24.1 Å². The van der Waals surface area contributed by atoms with Crippen LogP contribution in [-0.4, -0.2) is 51.1 Å². The fourth-order valence-electron chi connectivity index (χ4n) is 4.71. The van der Waals surface area contributed by atoms with Gasteiger partial charge in [0.15, 0.2) is 11.5 Å². The summed E-state index contributed by atoms with van der Waals surface area (Å²) in [5, 5.41) is 0. The van der Waals surface area contributed by atoms with E-state index in [-0.39, 0.29) is 36.3 Å². The average molecular weight is 593 g/mol. The van der Waals surface area contributed by atoms with Crippen molar-refractivity contribution in [3.05, 3.63) is 52.6 Å². The summed E-state index contributed by atoms with van der Waals surface area (Å²) >= 11 is 0. The molecule has 2 atom stereocenters. The first kappa shape index (κ1) is 31.7. The van der Waals surface area contributed by atoms with Gasteiger partial charge in [-0.15, -0.1) is 0 Å². The molecule has 1 aliphatic heterocycles. The molecule has 8 nitrogen and oxygen atoms in total. The van der Waals surface area contributed by atoms with Crippen LogP contribution in [0.2, 0.25) is 0 Å². The minimum absolute atomic E-state index is 0.0148. The molecule has 0 saturated carbocycles. The number of hydrogen-bond donors (Lipinski definition) is 0. The zero-order chi connectivity index (χ0) is 30.7. The minimum atomic E-state index is -5.07. The number of carbonyl (C=O) groups is 2. The zero-order valence-corrected chi connectivity index (χ0v) is 23.0. The van der Waals surface area contributed by atoms with E-state index in [1.807, 2.05) is 6.92 Å². The first-order valence-electron chi connectivity index (χ1n) is 12.5. The average Bonchev–Trinajstić information content (AvgIpc) is 2.91. The third kappa shape index (κ3) is 6.91. The Labute approximate surface area is 232 Å². The second-order valence-corrected chi connectivity index (χ2v) is 9.36. The first-order valence-corrected chi connectivity index (χ1v) is 12.5. The van der Waals surface area contributed by atoms with Gasteiger partial charge in [0, 0.05) is 24.2 Å². The van der Waals surface area contributed by atoms with Gasteiger partial charge in [-0.25, -0.2) is 9.59 Å². The van der Waals surface area contributed by atoms with Gasteiger partial charge in [-0.05, 0) is 49.6 Å². The summed E-state index contributed by atoms with van der Waals surface area (Å²) in [5.41, 5.74) is -2.86. The van der Waals surface area contributed by atoms with Crippen LogP contribution in [0.15, 0.2) is 30.3 Å². The Morgan fingerprint density at radius 3 is 1.98 bits per heavy atom. The quantitative estimate of drug-likeness (QED) is 0.317. The molecule has 41 heavy (non-hydrogen) atoms. The lowest BCUT2D eigenvalue weighted by atomic mass is 9.90. The number of carbonyl (C=O) groups excluding carboxylic acids is 2. The normalized spacial score (nSPS) is 17.0. The molecule has 0 N–H and O–H groups in total. The lowest BCUT2D eigenvalue weighted by Gasteiger charge is -2.42. The molecule has 0 saturated heterocycles. The molecule has 0 fully saturated rings. The van der Waals surface area contributed by atoms with Crippen molar-refractivity contribution in [2.45, 2.75) is 57.7 Å². The maximum absolute atomic E-state index is 13.5. The summed E-state index contributed by atoms with van der Waals surface area (Å²) in [7, 11) is 3.77. The van der Waals surface area contributed by atoms with E-state index in [9.17, 15) is 35.9 Å². The number of fused-ring (bicyclic) bond motifs is 1. The van der Waals surface area contributed by atoms with Crippen molar-refractivity contribution in [3.8, 4) is 11.5 Å². The highest BCUT2D eigenvalue weighted by molar-refractivity contribution is 5.91. The highest BCUT2D eigenvalue weighted by Gasteiger charge is 2.41. The highest BCUT2D eigenvalue weighted by Crippen LogP contribution is 2.47. The predicted octanol–water partition coefficient (Wildman–Crippen LogP) is 7.20. The van der Waals surface area contributed by atoms with Crippen molar-refractivity contribution in [1.82, 2.24) is 4.90 Å². The third-order valence-electron chi connectivity index (χ3n) is 6.57. The Hall–Kier alpha value is -3.84. The highest BCUT2D eigenvalue weighted by atomic mass is 19.4. The molecule has 1 aliphatic rings. The topological polar surface area (TPSA) is 77.5 Å². The van der Waals surface area contributed by atoms with Crippen molar-refractivity contribution in [2.75, 3.05) is 32.8 Å². The van der Waals surface area contributed by atoms with Gasteiger partial charge in [0.05, 0.1) is 50.8 Å². The van der Waals surface area contributed by atoms with Crippen molar-refractivity contribution >= 4 is 17.9 Å². The lowest BCUT2D eigenvalue weighted by Crippen LogP contribution is -2.47. The molecule has 0 aromatic heterocycles. The minimum Gasteiger partial charge on any atom is -0.493 e. The van der Waals surface area contributed by atoms with Crippen molar-refractivity contribution in [1.29, 1.82) is 0 Å². The molecular weight excluding hydrogens is 562 g/mol. The lowest BCUT2D eigenvalue weighted by molar-refractivity contribution is -0.143. The molecule has 0 spiro atoms. The van der Waals surface area contributed by atoms with Gasteiger partial charge < -0.3 is 18.9 Å². The second-order valence-electron chi connectivity index (χ2n) is 9.36. The molecule has 2 amide bonds. The van der Waals surface area contributed by atoms with Gasteiger partial charge >= 0.3 is 24.5 Å². The fourth-order valence-corrected chi connectivity index (χ4v) is 4.71. The molecular formula is C27H30F6N2O6. The molecule has 0 radical (unpaired) electrons. The number of nitrogens with zero attached hydrogens (tertiary/aromatic N) is 2. The number of alkyl halides is 6. The van der Waals surface area contributed by atoms with E-state index in [4.69, 9.17) is 18.9 Å². The van der Waals surface area contributed by atoms with E-state index in [2.05, 4.69) is 0 Å². The molecule has 0 bridgehead atoms. The fraction of sp³-hybridized carbons (Fsp3) is 0.481. The van der Waals surface area contributed by atoms with E-state index in [1.54, 1.807) is 6.92 Å². The van der Waals surface area contributed by atoms with E-state index < -0.39 is 59.9 Å². The molecule has 226 valence electrons. The first-order chi connectivity index (χ1) is 19.2. The molecule has 1 heterocycles. The van der Waals surface area contributed by atoms with Crippen LogP contribution in [0.4, 0.5) is 41.6 Å². The van der Waals surface area contributed by atoms with Gasteiger partial charge in [-0.2, -0.15) is 26.3 Å². The largest absolute Gasteiger partial charge is 0.493 e. The summed E-state index contributed by atoms with van der Waals surface area (Å²) in [4.78, 5) is 28.4. The van der Waals surface area contributed by atoms with E-state index >= 15 is 0 Å². The summed E-state index contributed by atoms with van der Waals surface area (Å²) in [5.74, 6) is 0.459. The summed E-state index contributed by atoms with van der Waals surface area (Å²) in [6.45, 7) is 2.96. The Balaban J connectivity index is 2.19. The summed E-state index contributed by atoms with van der Waals surface area (Å²) < 4.78 is 102. The number of amides is 2. The summed E-state index contributed by atoms with van der Waals surface area (Å²) in [6.07, 6.45) is -11.2. The molecule has 0 aliphatic carbocycles. The number of halogens is 6. The van der Waals surface area contributed by atoms with Gasteiger partial charge in [0.25, 0.3) is 0 Å². The number of ether oxygens (including phenoxy) is 4. The van der Waals surface area contributed by atoms with Gasteiger partial charge in [-0.3, -0.25) is 9.80 Å². The van der Waals surface area contributed by atoms with Gasteiger partial charge in [-0.1, -0.05) is 6.92 Å². The van der Waals surface area contributed by atoms with Crippen LogP contribution in [0.25, 0.3) is 0 Å². The maximum atomic E-state index is 13.5. The van der Waals surface area contributed by atoms with Crippen LogP contribution < -0.4 is 14.4 Å². The standard InChI is InChI=1S/C27H30F6N2O6/c1-6-7-41-25(37)35-15(2)8-20(19-12-22(38-3)23(39-4)13-21(19)35)34(24(36)40-5)14-16-9-17(26(28,29)30)11-18(10-16)27(31,32)33/h9-13,15,20H,6-8,14H2,1-5H3. The molecule has 2 aromatic rings. The van der Waals surface area contributed by atoms with Gasteiger partial charge in [0.2, 0.25) is 0 Å². The van der Waals surface area contributed by atoms with Crippen molar-refractivity contribution in [3.63, 3.8) is 0 Å². The second kappa shape index (κ2) is 12.4. The number of hydrogen-bond acceptors (Lipinski definition) is 6. The molecule has 2 unspecified atom stereocenters. The Kier molecular flexibility index (Phi) is 9.54. The van der Waals surface area contributed by atoms with Crippen LogP contribution in [0.3, 0.4) is 0 Å². The summed E-state index contributed by atoms with van der Waals surface area (Å²) in [6, 6.07) is 2.55. The monoisotopic (exact) mass is 592 g/mol. The number of anilines is 1. The maximum Gasteiger partial charge on any atom is 0.416 e. The van der Waals surface area contributed by atoms with Crippen molar-refractivity contribution in [2.24, 2.45) is 0 Å². The smallest absolute Gasteiger partial charge is 0.416 e. The van der Waals surface area contributed by atoms with E-state index in [1.165, 1.54) is 31.3 Å². The van der Waals surface area contributed by atoms with Crippen molar-refractivity contribution < 1.29 is 54.9 Å². The predicted molar refractivity (Wildman–Crippen MR) is 135 cm³/mol. The number of benzene rings is 2. The van der Waals surface area contributed by atoms with Crippen LogP contribution in [-0.2, 0) is 28.4 Å². The number of methoxy groups -OCH3 is 3. The van der Waals surface area contributed by atoms with Gasteiger partial charge in [0.1, 0.15) is 0 Å². The van der Waals surface area contributed by atoms with Crippen LogP contribution in [0.5, 0.6) is 11.5 Å². The Bertz CT molecular complexity index is 1230. The third-order valence-corrected chi connectivity index (χ3v) is 6.57. The van der Waals surface area contributed by atoms with Crippen LogP contribution in [0, 0.1) is 0 Å². The molecule has 2 aromatic carbocycles. The zero-order valence-electron chi connectivity index (χ0n) is 23.0. The molecule has 3 rings (SSSR count). The Morgan fingerprint density at radius 2 is 1.49 bits per heavy atom. The Morgan fingerprint density at radius 1 is 0.927 bits per heavy atom.